The zero-order chi connectivity index (χ0) is 14.1. The molecular formula is C12H25N5O2. The molecule has 19 heavy (non-hydrogen) atoms. The molecule has 0 aromatic heterocycles. The molecule has 0 spiro atoms. The highest BCUT2D eigenvalue weighted by atomic mass is 16.5. The zero-order valence-corrected chi connectivity index (χ0v) is 11.8. The number of nitrogens with zero attached hydrogens (tertiary/aromatic N) is 2. The second-order valence-corrected chi connectivity index (χ2v) is 4.58. The van der Waals surface area contributed by atoms with Gasteiger partial charge < -0.3 is 15.0 Å². The average Bonchev–Trinajstić information content (AvgIpc) is 2.41. The van der Waals surface area contributed by atoms with Crippen LogP contribution in [0, 0.1) is 0 Å². The molecule has 1 unspecified atom stereocenters. The van der Waals surface area contributed by atoms with Gasteiger partial charge >= 0.3 is 0 Å². The van der Waals surface area contributed by atoms with Crippen LogP contribution >= 0.6 is 0 Å². The van der Waals surface area contributed by atoms with Crippen LogP contribution in [0.4, 0.5) is 0 Å². The molecule has 1 aliphatic heterocycles. The average molecular weight is 271 g/mol. The number of amides is 1. The van der Waals surface area contributed by atoms with Crippen molar-refractivity contribution >= 4 is 11.9 Å². The molecule has 1 saturated heterocycles. The van der Waals surface area contributed by atoms with Crippen LogP contribution in [0.25, 0.3) is 0 Å². The third-order valence-electron chi connectivity index (χ3n) is 3.03. The molecule has 1 rings (SSSR count). The lowest BCUT2D eigenvalue weighted by Crippen LogP contribution is -2.53. The molecule has 0 radical (unpaired) electrons. The van der Waals surface area contributed by atoms with Crippen LogP contribution in [0.15, 0.2) is 4.99 Å². The Bertz CT molecular complexity index is 308. The first-order chi connectivity index (χ1) is 9.17. The maximum atomic E-state index is 11.4. The molecule has 1 fully saturated rings. The summed E-state index contributed by atoms with van der Waals surface area (Å²) in [6.07, 6.45) is 2.24. The maximum Gasteiger partial charge on any atom is 0.222 e. The van der Waals surface area contributed by atoms with Gasteiger partial charge in [0.25, 0.3) is 0 Å². The molecule has 1 heterocycles. The molecule has 0 aromatic rings. The second-order valence-electron chi connectivity index (χ2n) is 4.58. The number of hydrazine groups is 1. The summed E-state index contributed by atoms with van der Waals surface area (Å²) in [5.41, 5.74) is 2.56. The van der Waals surface area contributed by atoms with Gasteiger partial charge in [-0.25, -0.2) is 5.84 Å². The van der Waals surface area contributed by atoms with Gasteiger partial charge in [-0.3, -0.25) is 15.2 Å². The molecule has 7 nitrogen and oxygen atoms in total. The minimum atomic E-state index is 0.189. The van der Waals surface area contributed by atoms with Gasteiger partial charge in [-0.05, 0) is 19.8 Å². The van der Waals surface area contributed by atoms with E-state index < -0.39 is 0 Å². The van der Waals surface area contributed by atoms with E-state index in [2.05, 4.69) is 15.7 Å². The summed E-state index contributed by atoms with van der Waals surface area (Å²) < 4.78 is 5.24. The molecule has 7 heteroatoms. The lowest BCUT2D eigenvalue weighted by molar-refractivity contribution is -0.132. The molecule has 4 N–H and O–H groups in total. The smallest absolute Gasteiger partial charge is 0.222 e. The van der Waals surface area contributed by atoms with E-state index in [9.17, 15) is 4.79 Å². The molecular weight excluding hydrogens is 246 g/mol. The topological polar surface area (TPSA) is 92.0 Å². The van der Waals surface area contributed by atoms with Crippen molar-refractivity contribution in [3.05, 3.63) is 0 Å². The minimum Gasteiger partial charge on any atom is -0.382 e. The van der Waals surface area contributed by atoms with Gasteiger partial charge in [0.1, 0.15) is 0 Å². The van der Waals surface area contributed by atoms with Crippen LogP contribution in [0.1, 0.15) is 26.2 Å². The van der Waals surface area contributed by atoms with Gasteiger partial charge in [0.15, 0.2) is 0 Å². The van der Waals surface area contributed by atoms with Gasteiger partial charge in [-0.15, -0.1) is 0 Å². The molecule has 0 bridgehead atoms. The molecule has 110 valence electrons. The summed E-state index contributed by atoms with van der Waals surface area (Å²) in [4.78, 5) is 17.4. The van der Waals surface area contributed by atoms with Gasteiger partial charge in [0.05, 0.1) is 0 Å². The minimum absolute atomic E-state index is 0.189. The van der Waals surface area contributed by atoms with E-state index in [1.165, 1.54) is 0 Å². The Morgan fingerprint density at radius 3 is 3.05 bits per heavy atom. The van der Waals surface area contributed by atoms with Crippen molar-refractivity contribution in [3.8, 4) is 0 Å². The van der Waals surface area contributed by atoms with Gasteiger partial charge in [-0.1, -0.05) is 0 Å². The molecule has 0 saturated carbocycles. The van der Waals surface area contributed by atoms with Crippen molar-refractivity contribution in [2.45, 2.75) is 32.2 Å². The Kier molecular flexibility index (Phi) is 7.20. The number of carbonyl (C=O) groups is 1. The molecule has 0 aliphatic carbocycles. The predicted molar refractivity (Wildman–Crippen MR) is 74.5 cm³/mol. The predicted octanol–water partition coefficient (Wildman–Crippen LogP) is -0.557. The van der Waals surface area contributed by atoms with Crippen molar-refractivity contribution in [1.82, 2.24) is 15.6 Å². The number of nitrogens with one attached hydrogen (secondary N) is 2. The zero-order valence-electron chi connectivity index (χ0n) is 11.8. The normalized spacial score (nSPS) is 20.6. The molecule has 0 aromatic carbocycles. The number of carbonyl (C=O) groups excluding carboxylic acids is 1. The van der Waals surface area contributed by atoms with Gasteiger partial charge in [0.2, 0.25) is 11.9 Å². The van der Waals surface area contributed by atoms with Crippen molar-refractivity contribution in [3.63, 3.8) is 0 Å². The Labute approximate surface area is 114 Å². The third kappa shape index (κ3) is 5.89. The lowest BCUT2D eigenvalue weighted by atomic mass is 10.1. The maximum absolute atomic E-state index is 11.4. The van der Waals surface area contributed by atoms with Crippen LogP contribution in [0.5, 0.6) is 0 Å². The number of hydrogen-bond donors (Lipinski definition) is 3. The first-order valence-electron chi connectivity index (χ1n) is 6.76. The molecule has 1 amide bonds. The number of guanidine groups is 1. The van der Waals surface area contributed by atoms with Crippen LogP contribution in [0.2, 0.25) is 0 Å². The van der Waals surface area contributed by atoms with E-state index >= 15 is 0 Å². The first-order valence-corrected chi connectivity index (χ1v) is 6.76. The fourth-order valence-electron chi connectivity index (χ4n) is 1.96. The van der Waals surface area contributed by atoms with Crippen LogP contribution in [-0.4, -0.2) is 56.2 Å². The quantitative estimate of drug-likeness (QED) is 0.198. The fourth-order valence-corrected chi connectivity index (χ4v) is 1.96. The fraction of sp³-hybridized carbons (Fsp3) is 0.833. The van der Waals surface area contributed by atoms with Crippen LogP contribution < -0.4 is 16.6 Å². The van der Waals surface area contributed by atoms with E-state index in [1.54, 1.807) is 4.90 Å². The number of likely N-dealkylation sites (N-methyl/N-ethyl adjacent to an activating group) is 1. The summed E-state index contributed by atoms with van der Waals surface area (Å²) >= 11 is 0. The van der Waals surface area contributed by atoms with Crippen molar-refractivity contribution < 1.29 is 9.53 Å². The Morgan fingerprint density at radius 2 is 2.42 bits per heavy atom. The van der Waals surface area contributed by atoms with Gasteiger partial charge in [0, 0.05) is 45.8 Å². The first kappa shape index (κ1) is 15.7. The highest BCUT2D eigenvalue weighted by Crippen LogP contribution is 2.09. The number of rotatable bonds is 6. The van der Waals surface area contributed by atoms with E-state index in [1.807, 2.05) is 14.0 Å². The summed E-state index contributed by atoms with van der Waals surface area (Å²) in [5, 5.41) is 3.23. The van der Waals surface area contributed by atoms with E-state index in [0.717, 1.165) is 19.4 Å². The number of piperidine rings is 1. The summed E-state index contributed by atoms with van der Waals surface area (Å²) in [6, 6.07) is 0.199. The highest BCUT2D eigenvalue weighted by Gasteiger charge is 2.23. The Morgan fingerprint density at radius 1 is 1.63 bits per heavy atom. The highest BCUT2D eigenvalue weighted by molar-refractivity contribution is 5.80. The van der Waals surface area contributed by atoms with E-state index in [-0.39, 0.29) is 11.9 Å². The van der Waals surface area contributed by atoms with Crippen molar-refractivity contribution in [2.24, 2.45) is 10.8 Å². The number of likely N-dealkylation sites (tertiary alicyclic amines) is 1. The number of aliphatic imine (C=N–C) groups is 1. The molecule has 1 aliphatic rings. The summed E-state index contributed by atoms with van der Waals surface area (Å²) in [6.45, 7) is 4.75. The van der Waals surface area contributed by atoms with E-state index in [4.69, 9.17) is 10.6 Å². The molecule has 1 atom stereocenters. The van der Waals surface area contributed by atoms with E-state index in [0.29, 0.717) is 32.1 Å². The largest absolute Gasteiger partial charge is 0.382 e. The van der Waals surface area contributed by atoms with Gasteiger partial charge in [-0.2, -0.15) is 0 Å². The number of ether oxygens (including phenoxy) is 1. The lowest BCUT2D eigenvalue weighted by Gasteiger charge is -2.30. The second kappa shape index (κ2) is 8.71. The van der Waals surface area contributed by atoms with Crippen LogP contribution in [-0.2, 0) is 9.53 Å². The number of nitrogens with two attached hydrogens (primary N) is 1. The monoisotopic (exact) mass is 271 g/mol. The van der Waals surface area contributed by atoms with Crippen molar-refractivity contribution in [2.75, 3.05) is 33.4 Å². The summed E-state index contributed by atoms with van der Waals surface area (Å²) in [7, 11) is 1.81. The Balaban J connectivity index is 2.31. The van der Waals surface area contributed by atoms with Crippen LogP contribution in [0.3, 0.4) is 0 Å². The Hall–Kier alpha value is -1.34. The SMILES string of the molecule is CCOCCCN=C(NN)NC1CCC(=O)N(C)C1. The van der Waals surface area contributed by atoms with Crippen molar-refractivity contribution in [1.29, 1.82) is 0 Å². The third-order valence-corrected chi connectivity index (χ3v) is 3.03. The summed E-state index contributed by atoms with van der Waals surface area (Å²) in [5.74, 6) is 6.20. The standard InChI is InChI=1S/C12H25N5O2/c1-3-19-8-4-7-14-12(16-13)15-10-5-6-11(18)17(2)9-10/h10H,3-9,13H2,1-2H3,(H2,14,15,16). The number of hydrogen-bond acceptors (Lipinski definition) is 4.